The van der Waals surface area contributed by atoms with Crippen molar-refractivity contribution in [3.8, 4) is 0 Å². The van der Waals surface area contributed by atoms with Gasteiger partial charge < -0.3 is 10.4 Å². The van der Waals surface area contributed by atoms with E-state index in [0.717, 1.165) is 18.4 Å². The molecule has 5 nitrogen and oxygen atoms in total. The van der Waals surface area contributed by atoms with Crippen LogP contribution < -0.4 is 5.32 Å². The van der Waals surface area contributed by atoms with Crippen LogP contribution in [0.3, 0.4) is 0 Å². The zero-order valence-electron chi connectivity index (χ0n) is 12.7. The SMILES string of the molecule is Cn1cc(C(NC(=O)CC2CCCC2)C2CC(O)C2)cn1. The van der Waals surface area contributed by atoms with Crippen molar-refractivity contribution in [2.75, 3.05) is 0 Å². The van der Waals surface area contributed by atoms with Crippen LogP contribution in [0.15, 0.2) is 12.4 Å². The summed E-state index contributed by atoms with van der Waals surface area (Å²) in [4.78, 5) is 12.3. The van der Waals surface area contributed by atoms with E-state index in [-0.39, 0.29) is 18.1 Å². The number of aryl methyl sites for hydroxylation is 1. The van der Waals surface area contributed by atoms with Gasteiger partial charge >= 0.3 is 0 Å². The fourth-order valence-electron chi connectivity index (χ4n) is 3.69. The number of hydrogen-bond donors (Lipinski definition) is 2. The Kier molecular flexibility index (Phi) is 4.29. The number of hydrogen-bond acceptors (Lipinski definition) is 3. The predicted molar refractivity (Wildman–Crippen MR) is 79.4 cm³/mol. The molecule has 1 unspecified atom stereocenters. The van der Waals surface area contributed by atoms with Gasteiger partial charge in [0.05, 0.1) is 18.3 Å². The summed E-state index contributed by atoms with van der Waals surface area (Å²) in [6.07, 6.45) is 10.7. The van der Waals surface area contributed by atoms with Crippen molar-refractivity contribution in [1.29, 1.82) is 0 Å². The van der Waals surface area contributed by atoms with Gasteiger partial charge in [0.2, 0.25) is 5.91 Å². The molecule has 1 aromatic rings. The highest BCUT2D eigenvalue weighted by Crippen LogP contribution is 2.38. The molecule has 2 aliphatic rings. The Labute approximate surface area is 125 Å². The van der Waals surface area contributed by atoms with Crippen LogP contribution in [0, 0.1) is 11.8 Å². The van der Waals surface area contributed by atoms with Gasteiger partial charge in [0.15, 0.2) is 0 Å². The van der Waals surface area contributed by atoms with Crippen molar-refractivity contribution in [1.82, 2.24) is 15.1 Å². The van der Waals surface area contributed by atoms with Crippen LogP contribution in [0.2, 0.25) is 0 Å². The van der Waals surface area contributed by atoms with Crippen LogP contribution in [0.5, 0.6) is 0 Å². The van der Waals surface area contributed by atoms with Gasteiger partial charge in [-0.2, -0.15) is 5.10 Å². The summed E-state index contributed by atoms with van der Waals surface area (Å²) in [5, 5.41) is 17.0. The topological polar surface area (TPSA) is 67.2 Å². The van der Waals surface area contributed by atoms with Gasteiger partial charge in [-0.05, 0) is 37.5 Å². The third-order valence-electron chi connectivity index (χ3n) is 4.97. The molecule has 5 heteroatoms. The van der Waals surface area contributed by atoms with Crippen LogP contribution in [-0.2, 0) is 11.8 Å². The van der Waals surface area contributed by atoms with Gasteiger partial charge in [-0.25, -0.2) is 0 Å². The quantitative estimate of drug-likeness (QED) is 0.871. The molecule has 0 bridgehead atoms. The van der Waals surface area contributed by atoms with Gasteiger partial charge in [0.1, 0.15) is 0 Å². The average molecular weight is 291 g/mol. The van der Waals surface area contributed by atoms with E-state index in [1.54, 1.807) is 4.68 Å². The van der Waals surface area contributed by atoms with Crippen molar-refractivity contribution in [2.45, 2.75) is 57.1 Å². The average Bonchev–Trinajstić information content (AvgIpc) is 3.04. The maximum absolute atomic E-state index is 12.3. The molecule has 1 heterocycles. The minimum absolute atomic E-state index is 0.00370. The van der Waals surface area contributed by atoms with E-state index in [0.29, 0.717) is 18.3 Å². The van der Waals surface area contributed by atoms with E-state index in [2.05, 4.69) is 10.4 Å². The molecule has 1 amide bonds. The molecule has 1 atom stereocenters. The van der Waals surface area contributed by atoms with Gasteiger partial charge in [-0.15, -0.1) is 0 Å². The molecule has 0 spiro atoms. The van der Waals surface area contributed by atoms with E-state index in [1.807, 2.05) is 19.4 Å². The number of rotatable bonds is 5. The van der Waals surface area contributed by atoms with Gasteiger partial charge in [0, 0.05) is 25.2 Å². The Bertz CT molecular complexity index is 487. The first kappa shape index (κ1) is 14.6. The summed E-state index contributed by atoms with van der Waals surface area (Å²) in [6, 6.07) is -0.00370. The second-order valence-corrected chi connectivity index (χ2v) is 6.73. The number of carbonyl (C=O) groups excluding carboxylic acids is 1. The monoisotopic (exact) mass is 291 g/mol. The van der Waals surface area contributed by atoms with Crippen LogP contribution in [0.4, 0.5) is 0 Å². The minimum atomic E-state index is -0.207. The molecular weight excluding hydrogens is 266 g/mol. The molecule has 3 rings (SSSR count). The second-order valence-electron chi connectivity index (χ2n) is 6.73. The van der Waals surface area contributed by atoms with Crippen molar-refractivity contribution >= 4 is 5.91 Å². The van der Waals surface area contributed by atoms with E-state index in [4.69, 9.17) is 0 Å². The second kappa shape index (κ2) is 6.18. The molecule has 116 valence electrons. The number of nitrogens with zero attached hydrogens (tertiary/aromatic N) is 2. The molecule has 0 radical (unpaired) electrons. The molecule has 2 saturated carbocycles. The summed E-state index contributed by atoms with van der Waals surface area (Å²) in [5.74, 6) is 1.04. The third-order valence-corrected chi connectivity index (χ3v) is 4.97. The first-order chi connectivity index (χ1) is 10.1. The fourth-order valence-corrected chi connectivity index (χ4v) is 3.69. The molecular formula is C16H25N3O2. The van der Waals surface area contributed by atoms with Crippen molar-refractivity contribution in [2.24, 2.45) is 18.9 Å². The zero-order valence-corrected chi connectivity index (χ0v) is 12.7. The standard InChI is InChI=1S/C16H25N3O2/c1-19-10-13(9-17-19)16(12-7-14(20)8-12)18-15(21)6-11-4-2-3-5-11/h9-12,14,16,20H,2-8H2,1H3,(H,18,21). The van der Waals surface area contributed by atoms with Crippen molar-refractivity contribution < 1.29 is 9.90 Å². The molecule has 2 fully saturated rings. The lowest BCUT2D eigenvalue weighted by atomic mass is 9.75. The van der Waals surface area contributed by atoms with Crippen molar-refractivity contribution in [3.63, 3.8) is 0 Å². The molecule has 0 aromatic carbocycles. The fraction of sp³-hybridized carbons (Fsp3) is 0.750. The van der Waals surface area contributed by atoms with Gasteiger partial charge in [-0.3, -0.25) is 9.48 Å². The summed E-state index contributed by atoms with van der Waals surface area (Å²) in [5.41, 5.74) is 1.05. The number of aliphatic hydroxyl groups is 1. The highest BCUT2D eigenvalue weighted by molar-refractivity contribution is 5.76. The van der Waals surface area contributed by atoms with Gasteiger partial charge in [0.25, 0.3) is 0 Å². The largest absolute Gasteiger partial charge is 0.393 e. The Balaban J connectivity index is 1.62. The lowest BCUT2D eigenvalue weighted by Gasteiger charge is -2.37. The summed E-state index contributed by atoms with van der Waals surface area (Å²) in [7, 11) is 1.89. The molecule has 2 aliphatic carbocycles. The minimum Gasteiger partial charge on any atom is -0.393 e. The van der Waals surface area contributed by atoms with Crippen LogP contribution in [0.25, 0.3) is 0 Å². The molecule has 2 N–H and O–H groups in total. The number of aliphatic hydroxyl groups excluding tert-OH is 1. The number of amides is 1. The number of nitrogens with one attached hydrogen (secondary N) is 1. The van der Waals surface area contributed by atoms with Crippen LogP contribution >= 0.6 is 0 Å². The predicted octanol–water partition coefficient (Wildman–Crippen LogP) is 1.93. The maximum Gasteiger partial charge on any atom is 0.220 e. The lowest BCUT2D eigenvalue weighted by Crippen LogP contribution is -2.41. The summed E-state index contributed by atoms with van der Waals surface area (Å²) >= 11 is 0. The molecule has 1 aromatic heterocycles. The Hall–Kier alpha value is -1.36. The van der Waals surface area contributed by atoms with Crippen molar-refractivity contribution in [3.05, 3.63) is 18.0 Å². The highest BCUT2D eigenvalue weighted by Gasteiger charge is 2.36. The van der Waals surface area contributed by atoms with E-state index >= 15 is 0 Å². The first-order valence-corrected chi connectivity index (χ1v) is 8.08. The first-order valence-electron chi connectivity index (χ1n) is 8.08. The Morgan fingerprint density at radius 2 is 2.19 bits per heavy atom. The van der Waals surface area contributed by atoms with Crippen LogP contribution in [-0.4, -0.2) is 26.9 Å². The summed E-state index contributed by atoms with van der Waals surface area (Å²) in [6.45, 7) is 0. The van der Waals surface area contributed by atoms with E-state index < -0.39 is 0 Å². The number of aromatic nitrogens is 2. The van der Waals surface area contributed by atoms with E-state index in [9.17, 15) is 9.90 Å². The van der Waals surface area contributed by atoms with Gasteiger partial charge in [-0.1, -0.05) is 12.8 Å². The lowest BCUT2D eigenvalue weighted by molar-refractivity contribution is -0.124. The molecule has 0 saturated heterocycles. The molecule has 0 aliphatic heterocycles. The maximum atomic E-state index is 12.3. The zero-order chi connectivity index (χ0) is 14.8. The smallest absolute Gasteiger partial charge is 0.220 e. The van der Waals surface area contributed by atoms with Crippen LogP contribution in [0.1, 0.15) is 56.6 Å². The number of carbonyl (C=O) groups is 1. The Morgan fingerprint density at radius 1 is 1.48 bits per heavy atom. The Morgan fingerprint density at radius 3 is 2.76 bits per heavy atom. The normalized spacial score (nSPS) is 27.3. The summed E-state index contributed by atoms with van der Waals surface area (Å²) < 4.78 is 1.76. The molecule has 21 heavy (non-hydrogen) atoms. The highest BCUT2D eigenvalue weighted by atomic mass is 16.3. The third kappa shape index (κ3) is 3.46. The van der Waals surface area contributed by atoms with E-state index in [1.165, 1.54) is 25.7 Å².